The SMILES string of the molecule is Cc1cc(C[C@@H](OC(=O)N2CCC(N3CCc4ccccc4NC3=O)CC2)C(=O)N2CCC(N3CCC(O)CC3)CC2)cc2ncn(C)c12. The van der Waals surface area contributed by atoms with E-state index in [0.29, 0.717) is 51.6 Å². The van der Waals surface area contributed by atoms with Gasteiger partial charge in [0.15, 0.2) is 6.10 Å². The first-order valence-corrected chi connectivity index (χ1v) is 18.0. The molecule has 4 aliphatic heterocycles. The lowest BCUT2D eigenvalue weighted by Gasteiger charge is -2.41. The number of para-hydroxylation sites is 1. The third-order valence-electron chi connectivity index (χ3n) is 11.1. The predicted octanol–water partition coefficient (Wildman–Crippen LogP) is 3.93. The fourth-order valence-electron chi connectivity index (χ4n) is 8.31. The zero-order chi connectivity index (χ0) is 34.1. The number of aliphatic hydroxyl groups excluding tert-OH is 1. The van der Waals surface area contributed by atoms with Gasteiger partial charge in [-0.05, 0) is 80.7 Å². The smallest absolute Gasteiger partial charge is 0.410 e. The molecule has 0 aliphatic carbocycles. The highest BCUT2D eigenvalue weighted by atomic mass is 16.6. The predicted molar refractivity (Wildman–Crippen MR) is 186 cm³/mol. The molecule has 3 aromatic rings. The number of benzene rings is 2. The van der Waals surface area contributed by atoms with Gasteiger partial charge in [-0.3, -0.25) is 4.79 Å². The Bertz CT molecular complexity index is 1670. The summed E-state index contributed by atoms with van der Waals surface area (Å²) in [5.41, 5.74) is 5.84. The van der Waals surface area contributed by atoms with Gasteiger partial charge in [0.05, 0.1) is 23.5 Å². The Labute approximate surface area is 288 Å². The maximum atomic E-state index is 14.1. The van der Waals surface area contributed by atoms with Gasteiger partial charge in [0.25, 0.3) is 5.91 Å². The van der Waals surface area contributed by atoms with E-state index >= 15 is 0 Å². The highest BCUT2D eigenvalue weighted by Gasteiger charge is 2.36. The highest BCUT2D eigenvalue weighted by molar-refractivity contribution is 5.91. The number of carbonyl (C=O) groups excluding carboxylic acids is 3. The van der Waals surface area contributed by atoms with E-state index in [1.165, 1.54) is 0 Å². The zero-order valence-electron chi connectivity index (χ0n) is 28.7. The van der Waals surface area contributed by atoms with Crippen molar-refractivity contribution >= 4 is 34.8 Å². The van der Waals surface area contributed by atoms with Crippen molar-refractivity contribution in [2.75, 3.05) is 51.1 Å². The molecule has 12 nitrogen and oxygen atoms in total. The number of aromatic nitrogens is 2. The van der Waals surface area contributed by atoms with Gasteiger partial charge in [-0.25, -0.2) is 14.6 Å². The molecule has 3 saturated heterocycles. The Morgan fingerprint density at radius 1 is 0.939 bits per heavy atom. The zero-order valence-corrected chi connectivity index (χ0v) is 28.7. The molecule has 0 bridgehead atoms. The van der Waals surface area contributed by atoms with E-state index < -0.39 is 12.2 Å². The third kappa shape index (κ3) is 7.26. The molecule has 49 heavy (non-hydrogen) atoms. The minimum atomic E-state index is -0.956. The maximum Gasteiger partial charge on any atom is 0.410 e. The number of rotatable bonds is 6. The van der Waals surface area contributed by atoms with Gasteiger partial charge in [0, 0.05) is 77.1 Å². The molecule has 0 spiro atoms. The van der Waals surface area contributed by atoms with Crippen LogP contribution in [0.1, 0.15) is 55.2 Å². The van der Waals surface area contributed by atoms with Crippen LogP contribution in [0.25, 0.3) is 11.0 Å². The van der Waals surface area contributed by atoms with E-state index in [0.717, 1.165) is 78.6 Å². The molecule has 4 amide bonds. The monoisotopic (exact) mass is 671 g/mol. The van der Waals surface area contributed by atoms with E-state index in [9.17, 15) is 19.5 Å². The molecule has 0 saturated carbocycles. The lowest BCUT2D eigenvalue weighted by Crippen LogP contribution is -2.53. The van der Waals surface area contributed by atoms with Crippen LogP contribution in [0.15, 0.2) is 42.7 Å². The number of likely N-dealkylation sites (tertiary alicyclic amines) is 3. The van der Waals surface area contributed by atoms with Crippen molar-refractivity contribution in [2.45, 2.75) is 82.6 Å². The standard InChI is InChI=1S/C37H49N7O5/c1-25-21-26(22-32-34(25)40(2)24-38-32)23-33(35(46)42-14-8-28(9-15-42)41-18-12-30(45)13-19-41)49-37(48)43-16-10-29(11-17-43)44-20-7-27-5-3-4-6-31(27)39-36(44)47/h3-6,21-22,24,28-30,33,45H,7-20,23H2,1-2H3,(H,39,47)/t33-/m1/s1. The first-order chi connectivity index (χ1) is 23.7. The number of fused-ring (bicyclic) bond motifs is 2. The van der Waals surface area contributed by atoms with Crippen LogP contribution in [0.2, 0.25) is 0 Å². The summed E-state index contributed by atoms with van der Waals surface area (Å²) < 4.78 is 8.11. The Hall–Kier alpha value is -4.16. The number of anilines is 1. The van der Waals surface area contributed by atoms with Crippen molar-refractivity contribution in [1.82, 2.24) is 29.2 Å². The summed E-state index contributed by atoms with van der Waals surface area (Å²) in [4.78, 5) is 53.4. The van der Waals surface area contributed by atoms with Crippen LogP contribution in [0.5, 0.6) is 0 Å². The molecule has 4 aliphatic rings. The number of piperidine rings is 3. The minimum Gasteiger partial charge on any atom is -0.436 e. The maximum absolute atomic E-state index is 14.1. The minimum absolute atomic E-state index is 0.0216. The largest absolute Gasteiger partial charge is 0.436 e. The first kappa shape index (κ1) is 33.3. The molecule has 2 aromatic carbocycles. The lowest BCUT2D eigenvalue weighted by molar-refractivity contribution is -0.142. The number of nitrogens with one attached hydrogen (secondary N) is 1. The number of ether oxygens (including phenoxy) is 1. The van der Waals surface area contributed by atoms with Gasteiger partial charge < -0.3 is 39.3 Å². The summed E-state index contributed by atoms with van der Waals surface area (Å²) in [6, 6.07) is 12.3. The van der Waals surface area contributed by atoms with Crippen molar-refractivity contribution in [3.05, 3.63) is 59.4 Å². The number of urea groups is 1. The summed E-state index contributed by atoms with van der Waals surface area (Å²) in [6.45, 7) is 6.58. The van der Waals surface area contributed by atoms with Crippen LogP contribution in [0.3, 0.4) is 0 Å². The van der Waals surface area contributed by atoms with Crippen LogP contribution in [0.4, 0.5) is 15.3 Å². The van der Waals surface area contributed by atoms with Gasteiger partial charge in [0.1, 0.15) is 0 Å². The Morgan fingerprint density at radius 3 is 2.39 bits per heavy atom. The lowest BCUT2D eigenvalue weighted by atomic mass is 9.98. The van der Waals surface area contributed by atoms with Gasteiger partial charge in [0.2, 0.25) is 0 Å². The fraction of sp³-hybridized carbons (Fsp3) is 0.568. The molecule has 7 rings (SSSR count). The number of amides is 4. The van der Waals surface area contributed by atoms with E-state index in [4.69, 9.17) is 4.74 Å². The molecule has 0 unspecified atom stereocenters. The Kier molecular flexibility index (Phi) is 9.77. The molecule has 262 valence electrons. The summed E-state index contributed by atoms with van der Waals surface area (Å²) in [5, 5.41) is 13.0. The Balaban J connectivity index is 1.01. The van der Waals surface area contributed by atoms with Crippen molar-refractivity contribution in [3.8, 4) is 0 Å². The van der Waals surface area contributed by atoms with E-state index in [2.05, 4.69) is 21.3 Å². The number of hydrogen-bond donors (Lipinski definition) is 2. The molecular weight excluding hydrogens is 622 g/mol. The molecule has 0 radical (unpaired) electrons. The van der Waals surface area contributed by atoms with Crippen LogP contribution in [-0.2, 0) is 29.4 Å². The molecule has 1 atom stereocenters. The van der Waals surface area contributed by atoms with Gasteiger partial charge >= 0.3 is 12.1 Å². The summed E-state index contributed by atoms with van der Waals surface area (Å²) in [5.74, 6) is -0.157. The molecular formula is C37H49N7O5. The van der Waals surface area contributed by atoms with E-state index in [-0.39, 0.29) is 30.5 Å². The fourth-order valence-corrected chi connectivity index (χ4v) is 8.31. The Morgan fingerprint density at radius 2 is 1.63 bits per heavy atom. The van der Waals surface area contributed by atoms with E-state index in [1.807, 2.05) is 58.7 Å². The van der Waals surface area contributed by atoms with Gasteiger partial charge in [-0.1, -0.05) is 24.3 Å². The highest BCUT2D eigenvalue weighted by Crippen LogP contribution is 2.27. The van der Waals surface area contributed by atoms with Gasteiger partial charge in [-0.2, -0.15) is 0 Å². The number of imidazole rings is 1. The first-order valence-electron chi connectivity index (χ1n) is 18.0. The van der Waals surface area contributed by atoms with Crippen LogP contribution in [0, 0.1) is 6.92 Å². The van der Waals surface area contributed by atoms with Crippen LogP contribution in [-0.4, -0.2) is 122 Å². The average molecular weight is 672 g/mol. The normalized spacial score (nSPS) is 21.0. The quantitative estimate of drug-likeness (QED) is 0.407. The topological polar surface area (TPSA) is 123 Å². The molecule has 3 fully saturated rings. The van der Waals surface area contributed by atoms with Crippen LogP contribution >= 0.6 is 0 Å². The van der Waals surface area contributed by atoms with Crippen molar-refractivity contribution in [2.24, 2.45) is 7.05 Å². The molecule has 12 heteroatoms. The van der Waals surface area contributed by atoms with Crippen molar-refractivity contribution in [1.29, 1.82) is 0 Å². The van der Waals surface area contributed by atoms with E-state index in [1.54, 1.807) is 11.2 Å². The van der Waals surface area contributed by atoms with Crippen LogP contribution < -0.4 is 5.32 Å². The second-order valence-corrected chi connectivity index (χ2v) is 14.3. The summed E-state index contributed by atoms with van der Waals surface area (Å²) in [6.07, 6.45) is 5.81. The second kappa shape index (κ2) is 14.4. The van der Waals surface area contributed by atoms with Crippen molar-refractivity contribution < 1.29 is 24.2 Å². The summed E-state index contributed by atoms with van der Waals surface area (Å²) in [7, 11) is 1.97. The second-order valence-electron chi connectivity index (χ2n) is 14.3. The number of aryl methyl sites for hydroxylation is 2. The van der Waals surface area contributed by atoms with Crippen molar-refractivity contribution in [3.63, 3.8) is 0 Å². The number of nitrogens with zero attached hydrogens (tertiary/aromatic N) is 6. The third-order valence-corrected chi connectivity index (χ3v) is 11.1. The molecule has 5 heterocycles. The average Bonchev–Trinajstić information content (AvgIpc) is 3.40. The number of hydrogen-bond acceptors (Lipinski definition) is 7. The molecule has 1 aromatic heterocycles. The molecule has 2 N–H and O–H groups in total. The summed E-state index contributed by atoms with van der Waals surface area (Å²) >= 11 is 0. The van der Waals surface area contributed by atoms with Gasteiger partial charge in [-0.15, -0.1) is 0 Å². The number of carbonyl (C=O) groups is 3. The number of aliphatic hydroxyl groups is 1.